The van der Waals surface area contributed by atoms with Crippen molar-refractivity contribution >= 4 is 40.2 Å². The first-order chi connectivity index (χ1) is 11.5. The van der Waals surface area contributed by atoms with E-state index in [2.05, 4.69) is 32.9 Å². The number of ether oxygens (including phenoxy) is 1. The number of halogens is 2. The van der Waals surface area contributed by atoms with Crippen LogP contribution in [0.25, 0.3) is 0 Å². The molecule has 4 rings (SSSR count). The Balaban J connectivity index is 1.73. The number of amides is 2. The number of nitrogens with zero attached hydrogens (tertiary/aromatic N) is 2. The van der Waals surface area contributed by atoms with Gasteiger partial charge in [0, 0.05) is 24.4 Å². The van der Waals surface area contributed by atoms with Crippen molar-refractivity contribution in [2.75, 3.05) is 0 Å². The van der Waals surface area contributed by atoms with Crippen LogP contribution in [0.2, 0.25) is 5.02 Å². The van der Waals surface area contributed by atoms with Crippen molar-refractivity contribution in [3.05, 3.63) is 56.4 Å². The number of urea groups is 1. The van der Waals surface area contributed by atoms with Gasteiger partial charge in [-0.15, -0.1) is 0 Å². The van der Waals surface area contributed by atoms with Crippen LogP contribution in [-0.2, 0) is 6.54 Å². The van der Waals surface area contributed by atoms with Gasteiger partial charge in [-0.25, -0.2) is 4.79 Å². The molecule has 1 aromatic heterocycles. The van der Waals surface area contributed by atoms with E-state index >= 15 is 0 Å². The highest BCUT2D eigenvalue weighted by Gasteiger charge is 2.49. The highest BCUT2D eigenvalue weighted by molar-refractivity contribution is 14.1. The number of aromatic nitrogens is 1. The highest BCUT2D eigenvalue weighted by Crippen LogP contribution is 2.47. The Hall–Kier alpha value is -1.54. The maximum atomic E-state index is 12.7. The van der Waals surface area contributed by atoms with Crippen LogP contribution in [-0.4, -0.2) is 21.6 Å². The second-order valence-corrected chi connectivity index (χ2v) is 7.70. The molecule has 2 amide bonds. The lowest BCUT2D eigenvalue weighted by Crippen LogP contribution is -2.64. The lowest BCUT2D eigenvalue weighted by Gasteiger charge is -2.51. The number of hydrogen-bond donors (Lipinski definition) is 1. The second-order valence-electron chi connectivity index (χ2n) is 6.21. The number of carbonyl (C=O) groups is 1. The molecular formula is C17H15ClIN3O2. The quantitative estimate of drug-likeness (QED) is 0.694. The van der Waals surface area contributed by atoms with E-state index in [4.69, 9.17) is 16.3 Å². The van der Waals surface area contributed by atoms with Gasteiger partial charge in [0.05, 0.1) is 21.2 Å². The number of pyridine rings is 1. The summed E-state index contributed by atoms with van der Waals surface area (Å²) in [5.41, 5.74) is 1.22. The molecule has 0 radical (unpaired) electrons. The predicted molar refractivity (Wildman–Crippen MR) is 98.9 cm³/mol. The third-order valence-electron chi connectivity index (χ3n) is 4.54. The maximum Gasteiger partial charge on any atom is 0.321 e. The number of carbonyl (C=O) groups excluding carboxylic acids is 1. The van der Waals surface area contributed by atoms with Gasteiger partial charge < -0.3 is 10.1 Å². The Kier molecular flexibility index (Phi) is 3.84. The lowest BCUT2D eigenvalue weighted by molar-refractivity contribution is -0.0885. The largest absolute Gasteiger partial charge is 0.466 e. The fraction of sp³-hybridized carbons (Fsp3) is 0.294. The molecule has 2 atom stereocenters. The topological polar surface area (TPSA) is 54.5 Å². The molecule has 1 fully saturated rings. The number of fused-ring (bicyclic) bond motifs is 4. The first-order valence-corrected chi connectivity index (χ1v) is 9.07. The van der Waals surface area contributed by atoms with Gasteiger partial charge in [-0.2, -0.15) is 0 Å². The van der Waals surface area contributed by atoms with Crippen molar-refractivity contribution in [3.63, 3.8) is 0 Å². The van der Waals surface area contributed by atoms with Crippen molar-refractivity contribution in [2.24, 2.45) is 0 Å². The second kappa shape index (κ2) is 5.77. The van der Waals surface area contributed by atoms with E-state index in [0.717, 1.165) is 20.4 Å². The van der Waals surface area contributed by atoms with Gasteiger partial charge in [0.1, 0.15) is 5.75 Å². The normalized spacial score (nSPS) is 24.9. The summed E-state index contributed by atoms with van der Waals surface area (Å²) >= 11 is 8.44. The number of benzene rings is 1. The molecule has 0 saturated carbocycles. The zero-order chi connectivity index (χ0) is 16.9. The van der Waals surface area contributed by atoms with Crippen LogP contribution < -0.4 is 10.1 Å². The smallest absolute Gasteiger partial charge is 0.321 e. The minimum absolute atomic E-state index is 0.0674. The summed E-state index contributed by atoms with van der Waals surface area (Å²) in [6, 6.07) is 7.40. The molecule has 2 bridgehead atoms. The molecule has 1 N–H and O–H groups in total. The van der Waals surface area contributed by atoms with Gasteiger partial charge in [0.2, 0.25) is 0 Å². The SMILES string of the molecule is CC12CC(NC(=O)N1Cc1cccnc1)c1ccc(Cl)c(I)c1O2. The average molecular weight is 456 g/mol. The molecule has 2 aliphatic rings. The molecule has 2 aromatic rings. The third-order valence-corrected chi connectivity index (χ3v) is 6.24. The molecule has 5 nitrogen and oxygen atoms in total. The standard InChI is InChI=1S/C17H15ClIN3O2/c1-17-7-13(11-4-5-12(18)14(19)15(11)24-17)21-16(23)22(17)9-10-3-2-6-20-8-10/h2-6,8,13H,7,9H2,1H3,(H,21,23). The fourth-order valence-corrected chi connectivity index (χ4v) is 4.07. The first kappa shape index (κ1) is 16.0. The molecule has 24 heavy (non-hydrogen) atoms. The Morgan fingerprint density at radius 2 is 2.33 bits per heavy atom. The zero-order valence-corrected chi connectivity index (χ0v) is 15.8. The summed E-state index contributed by atoms with van der Waals surface area (Å²) in [4.78, 5) is 18.5. The fourth-order valence-electron chi connectivity index (χ4n) is 3.32. The van der Waals surface area contributed by atoms with E-state index < -0.39 is 5.72 Å². The van der Waals surface area contributed by atoms with Gasteiger partial charge in [0.25, 0.3) is 0 Å². The van der Waals surface area contributed by atoms with E-state index in [0.29, 0.717) is 18.0 Å². The Labute approximate surface area is 158 Å². The minimum atomic E-state index is -0.722. The van der Waals surface area contributed by atoms with Crippen LogP contribution in [0.15, 0.2) is 36.7 Å². The van der Waals surface area contributed by atoms with Gasteiger partial charge >= 0.3 is 6.03 Å². The Bertz CT molecular complexity index is 817. The summed E-state index contributed by atoms with van der Waals surface area (Å²) in [6.07, 6.45) is 4.17. The molecule has 0 spiro atoms. The van der Waals surface area contributed by atoms with Crippen molar-refractivity contribution in [3.8, 4) is 5.75 Å². The Morgan fingerprint density at radius 3 is 3.08 bits per heavy atom. The van der Waals surface area contributed by atoms with E-state index in [1.54, 1.807) is 17.3 Å². The van der Waals surface area contributed by atoms with Crippen molar-refractivity contribution in [1.82, 2.24) is 15.2 Å². The molecule has 7 heteroatoms. The van der Waals surface area contributed by atoms with E-state index in [1.807, 2.05) is 31.2 Å². The molecule has 3 heterocycles. The average Bonchev–Trinajstić information content (AvgIpc) is 2.56. The predicted octanol–water partition coefficient (Wildman–Crippen LogP) is 4.10. The summed E-state index contributed by atoms with van der Waals surface area (Å²) in [6.45, 7) is 2.39. The molecule has 1 aromatic carbocycles. The van der Waals surface area contributed by atoms with Crippen LogP contribution in [0.4, 0.5) is 4.79 Å². The molecule has 2 aliphatic heterocycles. The van der Waals surface area contributed by atoms with Crippen molar-refractivity contribution in [2.45, 2.75) is 31.7 Å². The van der Waals surface area contributed by atoms with Crippen molar-refractivity contribution < 1.29 is 9.53 Å². The van der Waals surface area contributed by atoms with Gasteiger partial charge in [-0.1, -0.05) is 23.7 Å². The van der Waals surface area contributed by atoms with E-state index in [9.17, 15) is 4.79 Å². The third kappa shape index (κ3) is 2.52. The van der Waals surface area contributed by atoms with Gasteiger partial charge in [-0.05, 0) is 47.2 Å². The highest BCUT2D eigenvalue weighted by atomic mass is 127. The lowest BCUT2D eigenvalue weighted by atomic mass is 9.90. The molecule has 124 valence electrons. The van der Waals surface area contributed by atoms with E-state index in [1.165, 1.54) is 0 Å². The van der Waals surface area contributed by atoms with E-state index in [-0.39, 0.29) is 12.1 Å². The van der Waals surface area contributed by atoms with Crippen LogP contribution in [0.1, 0.15) is 30.5 Å². The summed E-state index contributed by atoms with van der Waals surface area (Å²) in [5.74, 6) is 0.762. The summed E-state index contributed by atoms with van der Waals surface area (Å²) in [5, 5.41) is 3.74. The number of nitrogens with one attached hydrogen (secondary N) is 1. The molecule has 1 saturated heterocycles. The summed E-state index contributed by atoms with van der Waals surface area (Å²) in [7, 11) is 0. The number of hydrogen-bond acceptors (Lipinski definition) is 3. The monoisotopic (exact) mass is 455 g/mol. The minimum Gasteiger partial charge on any atom is -0.466 e. The van der Waals surface area contributed by atoms with Crippen LogP contribution in [0, 0.1) is 3.57 Å². The summed E-state index contributed by atoms with van der Waals surface area (Å²) < 4.78 is 7.19. The van der Waals surface area contributed by atoms with Gasteiger partial charge in [0.15, 0.2) is 5.72 Å². The van der Waals surface area contributed by atoms with Crippen molar-refractivity contribution in [1.29, 1.82) is 0 Å². The first-order valence-electron chi connectivity index (χ1n) is 7.62. The molecule has 0 aliphatic carbocycles. The van der Waals surface area contributed by atoms with Crippen LogP contribution in [0.3, 0.4) is 0 Å². The van der Waals surface area contributed by atoms with Gasteiger partial charge in [-0.3, -0.25) is 9.88 Å². The Morgan fingerprint density at radius 1 is 1.50 bits per heavy atom. The molecular weight excluding hydrogens is 441 g/mol. The van der Waals surface area contributed by atoms with Crippen LogP contribution >= 0.6 is 34.2 Å². The zero-order valence-electron chi connectivity index (χ0n) is 12.9. The maximum absolute atomic E-state index is 12.7. The number of rotatable bonds is 2. The van der Waals surface area contributed by atoms with Crippen LogP contribution in [0.5, 0.6) is 5.75 Å². The molecule has 2 unspecified atom stereocenters.